The van der Waals surface area contributed by atoms with Gasteiger partial charge in [0.15, 0.2) is 29.6 Å². The van der Waals surface area contributed by atoms with E-state index in [0.29, 0.717) is 53.9 Å². The summed E-state index contributed by atoms with van der Waals surface area (Å²) in [5, 5.41) is 12.7. The van der Waals surface area contributed by atoms with Gasteiger partial charge in [0, 0.05) is 5.56 Å². The van der Waals surface area contributed by atoms with E-state index in [4.69, 9.17) is 24.1 Å². The lowest BCUT2D eigenvalue weighted by Gasteiger charge is -2.12. The second-order valence-electron chi connectivity index (χ2n) is 6.21. The van der Waals surface area contributed by atoms with Gasteiger partial charge in [-0.2, -0.15) is 5.10 Å². The minimum Gasteiger partial charge on any atom is -0.490 e. The Labute approximate surface area is 186 Å². The summed E-state index contributed by atoms with van der Waals surface area (Å²) in [5.41, 5.74) is 3.43. The number of rotatable bonds is 13. The van der Waals surface area contributed by atoms with Crippen molar-refractivity contribution < 1.29 is 33.6 Å². The molecule has 0 saturated carbocycles. The Bertz CT molecular complexity index is 973. The molecule has 0 aliphatic rings. The van der Waals surface area contributed by atoms with Crippen molar-refractivity contribution in [3.05, 3.63) is 60.2 Å². The van der Waals surface area contributed by atoms with Crippen LogP contribution in [0.3, 0.4) is 0 Å². The fourth-order valence-corrected chi connectivity index (χ4v) is 2.55. The first-order valence-electron chi connectivity index (χ1n) is 9.93. The number of hydrogen-bond donors (Lipinski definition) is 2. The van der Waals surface area contributed by atoms with E-state index in [1.165, 1.54) is 6.21 Å². The predicted octanol–water partition coefficient (Wildman–Crippen LogP) is 3.28. The van der Waals surface area contributed by atoms with Crippen molar-refractivity contribution in [3.8, 4) is 23.0 Å². The zero-order valence-corrected chi connectivity index (χ0v) is 18.0. The van der Waals surface area contributed by atoms with Crippen LogP contribution < -0.4 is 24.4 Å². The quantitative estimate of drug-likeness (QED) is 0.278. The van der Waals surface area contributed by atoms with E-state index in [1.807, 2.05) is 6.92 Å². The van der Waals surface area contributed by atoms with Gasteiger partial charge in [-0.3, -0.25) is 4.79 Å². The van der Waals surface area contributed by atoms with Gasteiger partial charge in [-0.05, 0) is 55.8 Å². The molecular formula is C23H26N2O7. The van der Waals surface area contributed by atoms with Gasteiger partial charge in [-0.15, -0.1) is 0 Å². The Morgan fingerprint density at radius 1 is 0.969 bits per heavy atom. The number of carbonyl (C=O) groups excluding carboxylic acids is 1. The van der Waals surface area contributed by atoms with Crippen LogP contribution in [0.25, 0.3) is 0 Å². The minimum absolute atomic E-state index is 0.303. The second-order valence-corrected chi connectivity index (χ2v) is 6.21. The molecule has 0 radical (unpaired) electrons. The van der Waals surface area contributed by atoms with Crippen molar-refractivity contribution in [2.45, 2.75) is 13.8 Å². The zero-order valence-electron chi connectivity index (χ0n) is 18.0. The molecule has 170 valence electrons. The third-order valence-electron chi connectivity index (χ3n) is 3.86. The third kappa shape index (κ3) is 7.35. The van der Waals surface area contributed by atoms with E-state index in [1.54, 1.807) is 49.4 Å². The third-order valence-corrected chi connectivity index (χ3v) is 3.86. The summed E-state index contributed by atoms with van der Waals surface area (Å²) < 4.78 is 21.8. The molecule has 0 atom stereocenters. The van der Waals surface area contributed by atoms with Gasteiger partial charge in [0.2, 0.25) is 0 Å². The summed E-state index contributed by atoms with van der Waals surface area (Å²) >= 11 is 0. The molecule has 2 aromatic carbocycles. The Morgan fingerprint density at radius 2 is 1.62 bits per heavy atom. The number of nitrogens with one attached hydrogen (secondary N) is 1. The van der Waals surface area contributed by atoms with Gasteiger partial charge < -0.3 is 24.1 Å². The molecule has 2 N–H and O–H groups in total. The molecule has 0 bridgehead atoms. The highest BCUT2D eigenvalue weighted by atomic mass is 16.5. The molecule has 0 heterocycles. The van der Waals surface area contributed by atoms with Gasteiger partial charge in [0.25, 0.3) is 5.91 Å². The lowest BCUT2D eigenvalue weighted by molar-refractivity contribution is -0.139. The van der Waals surface area contributed by atoms with Gasteiger partial charge in [0.05, 0.1) is 19.4 Å². The predicted molar refractivity (Wildman–Crippen MR) is 119 cm³/mol. The summed E-state index contributed by atoms with van der Waals surface area (Å²) in [6.45, 7) is 7.87. The first kappa shape index (κ1) is 24.3. The van der Waals surface area contributed by atoms with Crippen LogP contribution in [0.1, 0.15) is 29.8 Å². The highest BCUT2D eigenvalue weighted by molar-refractivity contribution is 5.95. The van der Waals surface area contributed by atoms with Crippen LogP contribution in [0.15, 0.2) is 54.2 Å². The Kier molecular flexibility index (Phi) is 9.58. The van der Waals surface area contributed by atoms with Crippen LogP contribution in [0.4, 0.5) is 0 Å². The number of amides is 1. The molecule has 0 spiro atoms. The first-order valence-corrected chi connectivity index (χ1v) is 9.93. The number of carbonyl (C=O) groups is 2. The number of ether oxygens (including phenoxy) is 4. The first-order chi connectivity index (χ1) is 15.5. The molecular weight excluding hydrogens is 416 g/mol. The number of carboxylic acids is 1. The van der Waals surface area contributed by atoms with E-state index >= 15 is 0 Å². The highest BCUT2D eigenvalue weighted by Gasteiger charge is 2.12. The average molecular weight is 442 g/mol. The molecule has 0 unspecified atom stereocenters. The average Bonchev–Trinajstić information content (AvgIpc) is 2.78. The standard InChI is InChI=1S/C23H26N2O7/c1-4-11-31-18-10-8-17(13-21(18)30-6-3)23(28)25-24-14-16-7-9-19(32-15-22(26)27)20(12-16)29-5-2/h4,7-10,12-14H,1,5-6,11,15H2,2-3H3,(H,25,28)(H,26,27)/b24-14+. The van der Waals surface area contributed by atoms with Crippen molar-refractivity contribution in [2.75, 3.05) is 26.4 Å². The summed E-state index contributed by atoms with van der Waals surface area (Å²) in [4.78, 5) is 23.2. The monoisotopic (exact) mass is 442 g/mol. The molecule has 0 aromatic heterocycles. The minimum atomic E-state index is -1.09. The largest absolute Gasteiger partial charge is 0.490 e. The van der Waals surface area contributed by atoms with Crippen LogP contribution >= 0.6 is 0 Å². The fourth-order valence-electron chi connectivity index (χ4n) is 2.55. The summed E-state index contributed by atoms with van der Waals surface area (Å²) in [6.07, 6.45) is 3.05. The van der Waals surface area contributed by atoms with E-state index in [2.05, 4.69) is 17.1 Å². The van der Waals surface area contributed by atoms with Gasteiger partial charge in [0.1, 0.15) is 6.61 Å². The molecule has 1 amide bonds. The second kappa shape index (κ2) is 12.6. The zero-order chi connectivity index (χ0) is 23.3. The number of aliphatic carboxylic acids is 1. The molecule has 2 rings (SSSR count). The van der Waals surface area contributed by atoms with Crippen molar-refractivity contribution >= 4 is 18.1 Å². The van der Waals surface area contributed by atoms with E-state index < -0.39 is 18.5 Å². The maximum atomic E-state index is 12.5. The molecule has 0 fully saturated rings. The molecule has 9 nitrogen and oxygen atoms in total. The Hall–Kier alpha value is -4.01. The van der Waals surface area contributed by atoms with Crippen molar-refractivity contribution in [1.82, 2.24) is 5.43 Å². The molecule has 2 aromatic rings. The number of hydrazone groups is 1. The number of hydrogen-bond acceptors (Lipinski definition) is 7. The Balaban J connectivity index is 2.09. The van der Waals surface area contributed by atoms with Crippen LogP contribution in [0.5, 0.6) is 23.0 Å². The molecule has 0 saturated heterocycles. The van der Waals surface area contributed by atoms with Gasteiger partial charge in [-0.25, -0.2) is 10.2 Å². The van der Waals surface area contributed by atoms with E-state index in [9.17, 15) is 9.59 Å². The smallest absolute Gasteiger partial charge is 0.341 e. The van der Waals surface area contributed by atoms with Crippen molar-refractivity contribution in [1.29, 1.82) is 0 Å². The summed E-state index contributed by atoms with van der Waals surface area (Å²) in [7, 11) is 0. The summed E-state index contributed by atoms with van der Waals surface area (Å²) in [5.74, 6) is 0.125. The van der Waals surface area contributed by atoms with Crippen molar-refractivity contribution in [3.63, 3.8) is 0 Å². The van der Waals surface area contributed by atoms with Gasteiger partial charge >= 0.3 is 5.97 Å². The lowest BCUT2D eigenvalue weighted by atomic mass is 10.2. The number of carboxylic acid groups (broad SMARTS) is 1. The van der Waals surface area contributed by atoms with Crippen LogP contribution in [-0.2, 0) is 4.79 Å². The maximum Gasteiger partial charge on any atom is 0.341 e. The maximum absolute atomic E-state index is 12.5. The topological polar surface area (TPSA) is 116 Å². The van der Waals surface area contributed by atoms with Crippen molar-refractivity contribution in [2.24, 2.45) is 5.10 Å². The van der Waals surface area contributed by atoms with Crippen LogP contribution in [0, 0.1) is 0 Å². The SMILES string of the molecule is C=CCOc1ccc(C(=O)N/N=C/c2ccc(OCC(=O)O)c(OCC)c2)cc1OCC. The Morgan fingerprint density at radius 3 is 2.28 bits per heavy atom. The number of benzene rings is 2. The molecule has 9 heteroatoms. The molecule has 0 aliphatic heterocycles. The molecule has 32 heavy (non-hydrogen) atoms. The number of nitrogens with zero attached hydrogens (tertiary/aromatic N) is 1. The summed E-state index contributed by atoms with van der Waals surface area (Å²) in [6, 6.07) is 9.70. The highest BCUT2D eigenvalue weighted by Crippen LogP contribution is 2.29. The fraction of sp³-hybridized carbons (Fsp3) is 0.261. The van der Waals surface area contributed by atoms with Gasteiger partial charge in [-0.1, -0.05) is 12.7 Å². The normalized spacial score (nSPS) is 10.4. The van der Waals surface area contributed by atoms with E-state index in [0.717, 1.165) is 0 Å². The van der Waals surface area contributed by atoms with Crippen LogP contribution in [-0.4, -0.2) is 49.6 Å². The molecule has 0 aliphatic carbocycles. The lowest BCUT2D eigenvalue weighted by Crippen LogP contribution is -2.17. The van der Waals surface area contributed by atoms with Crippen LogP contribution in [0.2, 0.25) is 0 Å². The van der Waals surface area contributed by atoms with E-state index in [-0.39, 0.29) is 0 Å².